The van der Waals surface area contributed by atoms with Gasteiger partial charge in [0.2, 0.25) is 0 Å². The summed E-state index contributed by atoms with van der Waals surface area (Å²) >= 11 is 4.55. The number of nitrogens with one attached hydrogen (secondary N) is 1. The summed E-state index contributed by atoms with van der Waals surface area (Å²) in [4.78, 5) is 4.77. The molecule has 0 saturated carbocycles. The normalized spacial score (nSPS) is 9.85. The summed E-state index contributed by atoms with van der Waals surface area (Å²) in [6.45, 7) is 0. The maximum atomic E-state index is 8.80. The van der Waals surface area contributed by atoms with Crippen molar-refractivity contribution in [3.63, 3.8) is 0 Å². The maximum Gasteiger partial charge on any atom is 0.161 e. The van der Waals surface area contributed by atoms with Crippen LogP contribution in [0.15, 0.2) is 16.3 Å². The summed E-state index contributed by atoms with van der Waals surface area (Å²) in [7, 11) is 0. The summed E-state index contributed by atoms with van der Waals surface area (Å²) in [5.74, 6) is 0. The van der Waals surface area contributed by atoms with Gasteiger partial charge in [0.15, 0.2) is 3.92 Å². The Bertz CT molecular complexity index is 453. The smallest absolute Gasteiger partial charge is 0.161 e. The topological polar surface area (TPSA) is 65.4 Å². The molecule has 0 amide bonds. The van der Waals surface area contributed by atoms with Gasteiger partial charge in [-0.3, -0.25) is 5.10 Å². The van der Waals surface area contributed by atoms with Crippen LogP contribution in [0.2, 0.25) is 0 Å². The van der Waals surface area contributed by atoms with E-state index >= 15 is 0 Å². The van der Waals surface area contributed by atoms with Gasteiger partial charge in [-0.2, -0.15) is 10.4 Å². The van der Waals surface area contributed by atoms with Gasteiger partial charge in [-0.25, -0.2) is 4.98 Å². The van der Waals surface area contributed by atoms with E-state index in [1.54, 1.807) is 12.4 Å². The first-order valence-corrected chi connectivity index (χ1v) is 4.98. The van der Waals surface area contributed by atoms with Crippen LogP contribution in [0.4, 0.5) is 0 Å². The molecule has 0 aromatic carbocycles. The molecule has 0 unspecified atom stereocenters. The second-order valence-corrected chi connectivity index (χ2v) is 4.52. The first-order valence-electron chi connectivity index (χ1n) is 3.37. The lowest BCUT2D eigenvalue weighted by Crippen LogP contribution is -1.76. The number of rotatable bonds is 1. The average Bonchev–Trinajstić information content (AvgIpc) is 2.71. The third-order valence-corrected chi connectivity index (χ3v) is 2.89. The zero-order chi connectivity index (χ0) is 9.26. The van der Waals surface area contributed by atoms with Gasteiger partial charge in [0, 0.05) is 11.8 Å². The fourth-order valence-corrected chi connectivity index (χ4v) is 2.22. The lowest BCUT2D eigenvalue weighted by molar-refractivity contribution is 1.09. The highest BCUT2D eigenvalue weighted by atomic mass is 79.9. The SMILES string of the molecule is N#Cc1sc(Br)nc1-c1cn[nH]c1. The van der Waals surface area contributed by atoms with Crippen LogP contribution in [0, 0.1) is 11.3 Å². The number of aromatic nitrogens is 3. The van der Waals surface area contributed by atoms with Gasteiger partial charge in [0.25, 0.3) is 0 Å². The minimum absolute atomic E-state index is 0.591. The zero-order valence-electron chi connectivity index (χ0n) is 6.28. The van der Waals surface area contributed by atoms with Crippen molar-refractivity contribution in [2.24, 2.45) is 0 Å². The first kappa shape index (κ1) is 8.41. The number of nitrogens with zero attached hydrogens (tertiary/aromatic N) is 3. The molecule has 2 heterocycles. The van der Waals surface area contributed by atoms with Crippen molar-refractivity contribution in [1.82, 2.24) is 15.2 Å². The largest absolute Gasteiger partial charge is 0.285 e. The van der Waals surface area contributed by atoms with Crippen LogP contribution in [0.3, 0.4) is 0 Å². The van der Waals surface area contributed by atoms with E-state index in [1.807, 2.05) is 0 Å². The molecule has 2 aromatic heterocycles. The van der Waals surface area contributed by atoms with Crippen LogP contribution in [0.25, 0.3) is 11.3 Å². The minimum atomic E-state index is 0.591. The van der Waals surface area contributed by atoms with Gasteiger partial charge < -0.3 is 0 Å². The fourth-order valence-electron chi connectivity index (χ4n) is 0.946. The Kier molecular flexibility index (Phi) is 2.12. The molecule has 0 aliphatic carbocycles. The number of nitriles is 1. The maximum absolute atomic E-state index is 8.80. The Morgan fingerprint density at radius 1 is 1.62 bits per heavy atom. The summed E-state index contributed by atoms with van der Waals surface area (Å²) in [5, 5.41) is 15.3. The Morgan fingerprint density at radius 3 is 3.08 bits per heavy atom. The van der Waals surface area contributed by atoms with Crippen molar-refractivity contribution >= 4 is 27.3 Å². The molecular formula is C7H3BrN4S. The molecule has 64 valence electrons. The standard InChI is InChI=1S/C7H3BrN4S/c8-7-12-6(5(1-9)13-7)4-2-10-11-3-4/h2-3H,(H,10,11). The van der Waals surface area contributed by atoms with E-state index in [2.05, 4.69) is 37.2 Å². The molecule has 0 fully saturated rings. The van der Waals surface area contributed by atoms with E-state index in [-0.39, 0.29) is 0 Å². The molecule has 0 bridgehead atoms. The lowest BCUT2D eigenvalue weighted by atomic mass is 10.2. The van der Waals surface area contributed by atoms with E-state index in [4.69, 9.17) is 5.26 Å². The van der Waals surface area contributed by atoms with Crippen LogP contribution in [0.5, 0.6) is 0 Å². The molecule has 0 spiro atoms. The molecule has 1 N–H and O–H groups in total. The van der Waals surface area contributed by atoms with Crippen LogP contribution in [0.1, 0.15) is 4.88 Å². The molecule has 0 aliphatic rings. The van der Waals surface area contributed by atoms with Crippen LogP contribution >= 0.6 is 27.3 Å². The van der Waals surface area contributed by atoms with Crippen molar-refractivity contribution in [1.29, 1.82) is 5.26 Å². The molecule has 0 radical (unpaired) electrons. The van der Waals surface area contributed by atoms with Gasteiger partial charge >= 0.3 is 0 Å². The predicted molar refractivity (Wildman–Crippen MR) is 52.1 cm³/mol. The molecule has 0 saturated heterocycles. The summed E-state index contributed by atoms with van der Waals surface area (Å²) in [5.41, 5.74) is 1.51. The molecular weight excluding hydrogens is 252 g/mol. The van der Waals surface area contributed by atoms with Gasteiger partial charge in [-0.05, 0) is 15.9 Å². The van der Waals surface area contributed by atoms with Crippen LogP contribution in [-0.2, 0) is 0 Å². The van der Waals surface area contributed by atoms with E-state index in [0.717, 1.165) is 5.56 Å². The Morgan fingerprint density at radius 2 is 2.46 bits per heavy atom. The molecule has 2 aromatic rings. The average molecular weight is 255 g/mol. The number of halogens is 1. The third-order valence-electron chi connectivity index (χ3n) is 1.47. The highest BCUT2D eigenvalue weighted by Gasteiger charge is 2.11. The number of aromatic amines is 1. The summed E-state index contributed by atoms with van der Waals surface area (Å²) in [6.07, 6.45) is 3.35. The van der Waals surface area contributed by atoms with E-state index in [9.17, 15) is 0 Å². The van der Waals surface area contributed by atoms with E-state index in [0.29, 0.717) is 14.5 Å². The minimum Gasteiger partial charge on any atom is -0.285 e. The van der Waals surface area contributed by atoms with Crippen molar-refractivity contribution < 1.29 is 0 Å². The Hall–Kier alpha value is -1.19. The number of H-pyrrole nitrogens is 1. The van der Waals surface area contributed by atoms with Crippen molar-refractivity contribution in [3.05, 3.63) is 21.2 Å². The number of hydrogen-bond acceptors (Lipinski definition) is 4. The lowest BCUT2D eigenvalue weighted by Gasteiger charge is -1.87. The molecule has 0 atom stereocenters. The molecule has 6 heteroatoms. The quantitative estimate of drug-likeness (QED) is 0.849. The summed E-state index contributed by atoms with van der Waals surface area (Å²) in [6, 6.07) is 2.09. The zero-order valence-corrected chi connectivity index (χ0v) is 8.69. The first-order chi connectivity index (χ1) is 6.31. The molecule has 2 rings (SSSR count). The van der Waals surface area contributed by atoms with Crippen LogP contribution in [-0.4, -0.2) is 15.2 Å². The summed E-state index contributed by atoms with van der Waals surface area (Å²) < 4.78 is 0.709. The molecule has 4 nitrogen and oxygen atoms in total. The molecule has 0 aliphatic heterocycles. The highest BCUT2D eigenvalue weighted by Crippen LogP contribution is 2.29. The van der Waals surface area contributed by atoms with Gasteiger partial charge in [-0.15, -0.1) is 0 Å². The van der Waals surface area contributed by atoms with Gasteiger partial charge in [-0.1, -0.05) is 11.3 Å². The second kappa shape index (κ2) is 3.28. The number of thiazole rings is 1. The van der Waals surface area contributed by atoms with Gasteiger partial charge in [0.05, 0.1) is 6.20 Å². The second-order valence-electron chi connectivity index (χ2n) is 2.24. The van der Waals surface area contributed by atoms with Crippen LogP contribution < -0.4 is 0 Å². The van der Waals surface area contributed by atoms with E-state index < -0.39 is 0 Å². The number of hydrogen-bond donors (Lipinski definition) is 1. The Labute approximate surface area is 86.4 Å². The predicted octanol–water partition coefficient (Wildman–Crippen LogP) is 2.17. The highest BCUT2D eigenvalue weighted by molar-refractivity contribution is 9.11. The van der Waals surface area contributed by atoms with Gasteiger partial charge in [0.1, 0.15) is 16.6 Å². The van der Waals surface area contributed by atoms with Crippen molar-refractivity contribution in [2.75, 3.05) is 0 Å². The fraction of sp³-hybridized carbons (Fsp3) is 0. The monoisotopic (exact) mass is 254 g/mol. The van der Waals surface area contributed by atoms with Crippen molar-refractivity contribution in [3.8, 4) is 17.3 Å². The third kappa shape index (κ3) is 1.48. The van der Waals surface area contributed by atoms with Crippen molar-refractivity contribution in [2.45, 2.75) is 0 Å². The Balaban J connectivity index is 2.59. The van der Waals surface area contributed by atoms with E-state index in [1.165, 1.54) is 11.3 Å². The molecule has 13 heavy (non-hydrogen) atoms.